The van der Waals surface area contributed by atoms with Crippen molar-refractivity contribution < 1.29 is 9.53 Å². The number of rotatable bonds is 4. The molecule has 1 heterocycles. The van der Waals surface area contributed by atoms with E-state index in [1.807, 2.05) is 0 Å². The first-order valence-electron chi connectivity index (χ1n) is 7.21. The molecule has 1 aromatic rings. The third-order valence-corrected chi connectivity index (χ3v) is 4.74. The molecule has 1 aromatic heterocycles. The van der Waals surface area contributed by atoms with E-state index in [9.17, 15) is 4.79 Å². The molecule has 1 aliphatic rings. The van der Waals surface area contributed by atoms with E-state index in [-0.39, 0.29) is 5.82 Å². The monoisotopic (exact) mass is 297 g/mol. The average Bonchev–Trinajstić information content (AvgIpc) is 2.74. The summed E-state index contributed by atoms with van der Waals surface area (Å²) in [4.78, 5) is 11.9. The largest absolute Gasteiger partial charge is 0.462 e. The second-order valence-electron chi connectivity index (χ2n) is 5.64. The molecular weight excluding hydrogens is 274 g/mol. The van der Waals surface area contributed by atoms with Gasteiger partial charge in [-0.25, -0.2) is 4.79 Å². The molecule has 20 heavy (non-hydrogen) atoms. The number of nitrogens with one attached hydrogen (secondary N) is 1. The molecule has 112 valence electrons. The summed E-state index contributed by atoms with van der Waals surface area (Å²) in [5, 5.41) is 4.20. The molecular formula is C14H23N3O2S. The summed E-state index contributed by atoms with van der Waals surface area (Å²) in [5.74, 6) is 1.22. The second-order valence-corrected chi connectivity index (χ2v) is 6.41. The van der Waals surface area contributed by atoms with Crippen molar-refractivity contribution in [1.29, 1.82) is 0 Å². The standard InChI is InChI=1S/C14H23N3O2S/c1-4-19-14(18)11-12(15)17-20-13(11)16-10-6-5-8(2)7-9(10)3/h8-10,16H,4-7H2,1-3H3,(H2,15,17). The Morgan fingerprint density at radius 3 is 2.90 bits per heavy atom. The van der Waals surface area contributed by atoms with Crippen molar-refractivity contribution in [2.45, 2.75) is 46.1 Å². The Bertz CT molecular complexity index is 475. The zero-order chi connectivity index (χ0) is 14.7. The number of anilines is 2. The van der Waals surface area contributed by atoms with Gasteiger partial charge < -0.3 is 15.8 Å². The fourth-order valence-corrected chi connectivity index (χ4v) is 3.61. The van der Waals surface area contributed by atoms with E-state index in [0.717, 1.165) is 17.3 Å². The maximum absolute atomic E-state index is 11.9. The van der Waals surface area contributed by atoms with Gasteiger partial charge in [-0.05, 0) is 49.6 Å². The predicted molar refractivity (Wildman–Crippen MR) is 82.1 cm³/mol. The molecule has 3 unspecified atom stereocenters. The maximum atomic E-state index is 11.9. The lowest BCUT2D eigenvalue weighted by atomic mass is 9.80. The molecule has 1 fully saturated rings. The molecule has 2 rings (SSSR count). The topological polar surface area (TPSA) is 77.2 Å². The van der Waals surface area contributed by atoms with E-state index in [1.54, 1.807) is 6.92 Å². The number of carbonyl (C=O) groups is 1. The number of esters is 1. The van der Waals surface area contributed by atoms with Gasteiger partial charge >= 0.3 is 5.97 Å². The van der Waals surface area contributed by atoms with Crippen LogP contribution < -0.4 is 11.1 Å². The van der Waals surface area contributed by atoms with Crippen molar-refractivity contribution in [3.8, 4) is 0 Å². The van der Waals surface area contributed by atoms with E-state index in [4.69, 9.17) is 10.5 Å². The highest BCUT2D eigenvalue weighted by molar-refractivity contribution is 7.11. The molecule has 0 aromatic carbocycles. The second kappa shape index (κ2) is 6.43. The van der Waals surface area contributed by atoms with Crippen LogP contribution >= 0.6 is 11.5 Å². The van der Waals surface area contributed by atoms with Crippen LogP contribution in [0.4, 0.5) is 10.8 Å². The lowest BCUT2D eigenvalue weighted by Gasteiger charge is -2.33. The summed E-state index contributed by atoms with van der Waals surface area (Å²) in [6.45, 7) is 6.67. The zero-order valence-corrected chi connectivity index (χ0v) is 13.1. The highest BCUT2D eigenvalue weighted by Crippen LogP contribution is 2.34. The smallest absolute Gasteiger partial charge is 0.344 e. The summed E-state index contributed by atoms with van der Waals surface area (Å²) >= 11 is 1.24. The molecule has 6 heteroatoms. The van der Waals surface area contributed by atoms with Crippen molar-refractivity contribution in [1.82, 2.24) is 4.37 Å². The van der Waals surface area contributed by atoms with Crippen LogP contribution in [0.5, 0.6) is 0 Å². The van der Waals surface area contributed by atoms with E-state index in [0.29, 0.717) is 24.1 Å². The van der Waals surface area contributed by atoms with Crippen LogP contribution in [-0.4, -0.2) is 23.0 Å². The number of nitrogens with two attached hydrogens (primary N) is 1. The Morgan fingerprint density at radius 1 is 1.50 bits per heavy atom. The minimum Gasteiger partial charge on any atom is -0.462 e. The molecule has 3 N–H and O–H groups in total. The van der Waals surface area contributed by atoms with Crippen LogP contribution in [0.1, 0.15) is 50.4 Å². The van der Waals surface area contributed by atoms with Crippen molar-refractivity contribution in [2.75, 3.05) is 17.7 Å². The number of hydrogen-bond acceptors (Lipinski definition) is 6. The summed E-state index contributed by atoms with van der Waals surface area (Å²) in [5.41, 5.74) is 6.18. The summed E-state index contributed by atoms with van der Waals surface area (Å²) in [6.07, 6.45) is 3.54. The summed E-state index contributed by atoms with van der Waals surface area (Å²) in [6, 6.07) is 0.374. The maximum Gasteiger partial charge on any atom is 0.344 e. The van der Waals surface area contributed by atoms with Crippen LogP contribution in [0.15, 0.2) is 0 Å². The Morgan fingerprint density at radius 2 is 2.25 bits per heavy atom. The lowest BCUT2D eigenvalue weighted by molar-refractivity contribution is 0.0529. The van der Waals surface area contributed by atoms with Gasteiger partial charge in [0.1, 0.15) is 10.6 Å². The minimum atomic E-state index is -0.391. The number of hydrogen-bond donors (Lipinski definition) is 2. The zero-order valence-electron chi connectivity index (χ0n) is 12.3. The van der Waals surface area contributed by atoms with E-state index < -0.39 is 5.97 Å². The summed E-state index contributed by atoms with van der Waals surface area (Å²) in [7, 11) is 0. The molecule has 0 bridgehead atoms. The molecule has 1 saturated carbocycles. The van der Waals surface area contributed by atoms with Gasteiger partial charge in [0.25, 0.3) is 0 Å². The number of nitrogen functional groups attached to an aromatic ring is 1. The minimum absolute atomic E-state index is 0.257. The van der Waals surface area contributed by atoms with Gasteiger partial charge in [0.05, 0.1) is 6.61 Å². The van der Waals surface area contributed by atoms with Crippen molar-refractivity contribution in [3.05, 3.63) is 5.56 Å². The summed E-state index contributed by atoms with van der Waals surface area (Å²) < 4.78 is 9.13. The number of ether oxygens (including phenoxy) is 1. The van der Waals surface area contributed by atoms with Crippen LogP contribution in [0, 0.1) is 11.8 Å². The highest BCUT2D eigenvalue weighted by atomic mass is 32.1. The van der Waals surface area contributed by atoms with Gasteiger partial charge in [0.15, 0.2) is 5.82 Å². The van der Waals surface area contributed by atoms with Crippen molar-refractivity contribution in [2.24, 2.45) is 11.8 Å². The van der Waals surface area contributed by atoms with Crippen molar-refractivity contribution >= 4 is 28.3 Å². The highest BCUT2D eigenvalue weighted by Gasteiger charge is 2.28. The van der Waals surface area contributed by atoms with Gasteiger partial charge in [-0.2, -0.15) is 4.37 Å². The van der Waals surface area contributed by atoms with Crippen LogP contribution in [0.3, 0.4) is 0 Å². The first kappa shape index (κ1) is 15.1. The van der Waals surface area contributed by atoms with Crippen LogP contribution in [0.25, 0.3) is 0 Å². The van der Waals surface area contributed by atoms with Gasteiger partial charge in [0.2, 0.25) is 0 Å². The Kier molecular flexibility index (Phi) is 4.86. The predicted octanol–water partition coefficient (Wildman–Crippen LogP) is 3.14. The van der Waals surface area contributed by atoms with Gasteiger partial charge in [-0.15, -0.1) is 0 Å². The molecule has 0 spiro atoms. The molecule has 1 aliphatic carbocycles. The number of aromatic nitrogens is 1. The molecule has 0 aliphatic heterocycles. The quantitative estimate of drug-likeness (QED) is 0.835. The van der Waals surface area contributed by atoms with Crippen LogP contribution in [-0.2, 0) is 4.74 Å². The van der Waals surface area contributed by atoms with E-state index in [2.05, 4.69) is 23.5 Å². The molecule has 0 saturated heterocycles. The SMILES string of the molecule is CCOC(=O)c1c(N)nsc1NC1CCC(C)CC1C. The third-order valence-electron chi connectivity index (χ3n) is 3.95. The third kappa shape index (κ3) is 3.23. The number of nitrogens with zero attached hydrogens (tertiary/aromatic N) is 1. The Hall–Kier alpha value is -1.30. The molecule has 5 nitrogen and oxygen atoms in total. The van der Waals surface area contributed by atoms with Crippen LogP contribution in [0.2, 0.25) is 0 Å². The normalized spacial score (nSPS) is 26.2. The first-order valence-corrected chi connectivity index (χ1v) is 7.99. The molecule has 0 radical (unpaired) electrons. The lowest BCUT2D eigenvalue weighted by Crippen LogP contribution is -2.33. The van der Waals surface area contributed by atoms with Gasteiger partial charge in [-0.1, -0.05) is 13.8 Å². The van der Waals surface area contributed by atoms with Gasteiger partial charge in [-0.3, -0.25) is 0 Å². The molecule has 3 atom stereocenters. The van der Waals surface area contributed by atoms with Gasteiger partial charge in [0, 0.05) is 6.04 Å². The fraction of sp³-hybridized carbons (Fsp3) is 0.714. The van der Waals surface area contributed by atoms with E-state index >= 15 is 0 Å². The first-order chi connectivity index (χ1) is 9.52. The molecule has 0 amide bonds. The van der Waals surface area contributed by atoms with E-state index in [1.165, 1.54) is 24.4 Å². The van der Waals surface area contributed by atoms with Crippen molar-refractivity contribution in [3.63, 3.8) is 0 Å². The number of carbonyl (C=O) groups excluding carboxylic acids is 1. The average molecular weight is 297 g/mol. The Balaban J connectivity index is 2.11. The Labute approximate surface area is 124 Å². The fourth-order valence-electron chi connectivity index (χ4n) is 2.85.